The number of hydrogen-bond donors (Lipinski definition) is 0. The first-order valence-corrected chi connectivity index (χ1v) is 14.2. The van der Waals surface area contributed by atoms with E-state index in [1.165, 1.54) is 55.6 Å². The van der Waals surface area contributed by atoms with E-state index in [1.54, 1.807) is 0 Å². The summed E-state index contributed by atoms with van der Waals surface area (Å²) in [5.41, 5.74) is 13.9. The van der Waals surface area contributed by atoms with Gasteiger partial charge >= 0.3 is 26.2 Å². The summed E-state index contributed by atoms with van der Waals surface area (Å²) in [5.74, 6) is 0.761. The van der Waals surface area contributed by atoms with Crippen LogP contribution < -0.4 is 24.8 Å². The molecule has 0 amide bonds. The van der Waals surface area contributed by atoms with Crippen LogP contribution in [0.25, 0.3) is 28.3 Å². The number of allylic oxidation sites excluding steroid dienone is 1. The van der Waals surface area contributed by atoms with E-state index < -0.39 is 0 Å². The largest absolute Gasteiger partial charge is 3.00 e. The van der Waals surface area contributed by atoms with E-state index in [1.807, 2.05) is 0 Å². The van der Waals surface area contributed by atoms with Gasteiger partial charge in [0.1, 0.15) is 0 Å². The Morgan fingerprint density at radius 2 is 1.43 bits per heavy atom. The predicted octanol–water partition coefficient (Wildman–Crippen LogP) is 2.70. The molecule has 0 bridgehead atoms. The molecule has 185 valence electrons. The normalized spacial score (nSPS) is 14.0. The van der Waals surface area contributed by atoms with Crippen molar-refractivity contribution in [1.82, 2.24) is 0 Å². The van der Waals surface area contributed by atoms with E-state index in [0.29, 0.717) is 5.92 Å². The second-order valence-electron chi connectivity index (χ2n) is 9.52. The summed E-state index contributed by atoms with van der Waals surface area (Å²) in [4.78, 5) is 0. The zero-order chi connectivity index (χ0) is 23.7. The fourth-order valence-electron chi connectivity index (χ4n) is 5.49. The number of benzene rings is 4. The average molecular weight is 618 g/mol. The third-order valence-corrected chi connectivity index (χ3v) is 6.95. The maximum Gasteiger partial charge on any atom is 3.00 e. The Balaban J connectivity index is 0.000000767. The maximum atomic E-state index is 3.69. The second kappa shape index (κ2) is 13.9. The summed E-state index contributed by atoms with van der Waals surface area (Å²) < 4.78 is 0. The Morgan fingerprint density at radius 1 is 0.784 bits per heavy atom. The van der Waals surface area contributed by atoms with Crippen LogP contribution in [0.4, 0.5) is 0 Å². The summed E-state index contributed by atoms with van der Waals surface area (Å²) in [7, 11) is 1.08. The Morgan fingerprint density at radius 3 is 2.14 bits per heavy atom. The van der Waals surface area contributed by atoms with Crippen LogP contribution in [0.1, 0.15) is 47.6 Å². The first-order valence-electron chi connectivity index (χ1n) is 12.2. The van der Waals surface area contributed by atoms with Gasteiger partial charge in [-0.25, -0.2) is 0 Å². The minimum Gasteiger partial charge on any atom is -1.00 e. The molecule has 37 heavy (non-hydrogen) atoms. The summed E-state index contributed by atoms with van der Waals surface area (Å²) in [6.45, 7) is 8.95. The van der Waals surface area contributed by atoms with Crippen molar-refractivity contribution in [3.63, 3.8) is 0 Å². The molecule has 0 saturated carbocycles. The summed E-state index contributed by atoms with van der Waals surface area (Å²) in [6, 6.07) is 34.5. The SMILES string of the molecule is CC(C)C1=Cc2c(-c3ccccc3)cccc2C1c1[c-]ccc2c1Cc1ccccc1-2.C[Si]C.[Cl-].[Cl-].[Zr+3]. The van der Waals surface area contributed by atoms with Gasteiger partial charge in [-0.1, -0.05) is 111 Å². The van der Waals surface area contributed by atoms with Crippen LogP contribution in [0.3, 0.4) is 0 Å². The molecule has 0 aliphatic heterocycles. The number of fused-ring (bicyclic) bond motifs is 4. The molecule has 6 rings (SSSR count). The molecule has 4 aromatic rings. The van der Waals surface area contributed by atoms with Crippen molar-refractivity contribution in [2.45, 2.75) is 39.3 Å². The molecule has 1 unspecified atom stereocenters. The van der Waals surface area contributed by atoms with Crippen molar-refractivity contribution in [2.24, 2.45) is 5.92 Å². The van der Waals surface area contributed by atoms with Crippen LogP contribution in [0, 0.1) is 12.0 Å². The Labute approximate surface area is 256 Å². The van der Waals surface area contributed by atoms with E-state index in [2.05, 4.69) is 124 Å². The molecule has 3 radical (unpaired) electrons. The Kier molecular flexibility index (Phi) is 11.8. The van der Waals surface area contributed by atoms with Gasteiger partial charge in [-0.05, 0) is 45.7 Å². The van der Waals surface area contributed by atoms with E-state index in [-0.39, 0.29) is 56.9 Å². The average Bonchev–Trinajstić information content (AvgIpc) is 3.44. The first kappa shape index (κ1) is 31.5. The van der Waals surface area contributed by atoms with Crippen LogP contribution >= 0.6 is 0 Å². The minimum atomic E-state index is 0. The Hall–Kier alpha value is -1.70. The molecule has 4 aromatic carbocycles. The predicted molar refractivity (Wildman–Crippen MR) is 148 cm³/mol. The quantitative estimate of drug-likeness (QED) is 0.216. The monoisotopic (exact) mass is 615 g/mol. The van der Waals surface area contributed by atoms with E-state index in [9.17, 15) is 0 Å². The van der Waals surface area contributed by atoms with Crippen molar-refractivity contribution in [1.29, 1.82) is 0 Å². The molecule has 2 aliphatic carbocycles. The van der Waals surface area contributed by atoms with Gasteiger partial charge in [0, 0.05) is 15.4 Å². The van der Waals surface area contributed by atoms with Crippen LogP contribution in [-0.2, 0) is 32.6 Å². The fraction of sp³-hybridized carbons (Fsp3) is 0.212. The van der Waals surface area contributed by atoms with Gasteiger partial charge in [0.15, 0.2) is 0 Å². The molecular weight excluding hydrogens is 587 g/mol. The molecule has 0 N–H and O–H groups in total. The molecule has 0 nitrogen and oxygen atoms in total. The molecule has 0 aromatic heterocycles. The van der Waals surface area contributed by atoms with Crippen LogP contribution in [0.2, 0.25) is 13.1 Å². The number of rotatable bonds is 3. The third kappa shape index (κ3) is 5.99. The van der Waals surface area contributed by atoms with Gasteiger partial charge in [-0.15, -0.1) is 16.7 Å². The van der Waals surface area contributed by atoms with Crippen molar-refractivity contribution < 1.29 is 51.0 Å². The maximum absolute atomic E-state index is 3.69. The van der Waals surface area contributed by atoms with Gasteiger partial charge in [0.25, 0.3) is 0 Å². The molecule has 0 fully saturated rings. The zero-order valence-electron chi connectivity index (χ0n) is 21.8. The molecule has 4 heteroatoms. The van der Waals surface area contributed by atoms with Crippen LogP contribution in [0.15, 0.2) is 90.5 Å². The smallest absolute Gasteiger partial charge is 1.00 e. The second-order valence-corrected chi connectivity index (χ2v) is 10.5. The molecule has 1 atom stereocenters. The Bertz CT molecular complexity index is 1360. The number of hydrogen-bond acceptors (Lipinski definition) is 0. The summed E-state index contributed by atoms with van der Waals surface area (Å²) >= 11 is 0. The molecule has 0 heterocycles. The van der Waals surface area contributed by atoms with Crippen molar-refractivity contribution >= 4 is 15.6 Å². The van der Waals surface area contributed by atoms with E-state index in [0.717, 1.165) is 15.9 Å². The van der Waals surface area contributed by atoms with Crippen molar-refractivity contribution in [2.75, 3.05) is 0 Å². The van der Waals surface area contributed by atoms with Gasteiger partial charge in [-0.3, -0.25) is 0 Å². The summed E-state index contributed by atoms with van der Waals surface area (Å²) in [6.07, 6.45) is 3.47. The van der Waals surface area contributed by atoms with E-state index in [4.69, 9.17) is 0 Å². The zero-order valence-corrected chi connectivity index (χ0v) is 26.7. The van der Waals surface area contributed by atoms with Crippen molar-refractivity contribution in [3.05, 3.63) is 124 Å². The fourth-order valence-corrected chi connectivity index (χ4v) is 5.49. The number of halogens is 2. The van der Waals surface area contributed by atoms with Crippen LogP contribution in [0.5, 0.6) is 0 Å². The molecule has 0 saturated heterocycles. The molecule has 0 spiro atoms. The molecular formula is C33H31Cl2SiZr. The topological polar surface area (TPSA) is 0 Å². The molecule has 2 aliphatic rings. The standard InChI is InChI=1S/C31H25.C2H6Si.2ClH.Zr/c1-20(2)28-19-30-23(21-10-4-3-5-11-21)14-8-16-27(30)31(28)26-17-9-15-25-24-13-7-6-12-22(24)18-29(25)26;1-3-2;;;/h3-16,19-20,31H,18H2,1-2H3;1-2H3;2*1H;/q-1;;;;+3/p-2. The van der Waals surface area contributed by atoms with Crippen molar-refractivity contribution in [3.8, 4) is 22.3 Å². The first-order chi connectivity index (χ1) is 16.6. The minimum absolute atomic E-state index is 0. The van der Waals surface area contributed by atoms with Gasteiger partial charge in [0.2, 0.25) is 0 Å². The van der Waals surface area contributed by atoms with Gasteiger partial charge in [-0.2, -0.15) is 18.2 Å². The van der Waals surface area contributed by atoms with Gasteiger partial charge < -0.3 is 24.8 Å². The van der Waals surface area contributed by atoms with Gasteiger partial charge in [0.05, 0.1) is 0 Å². The third-order valence-electron chi connectivity index (χ3n) is 6.95. The van der Waals surface area contributed by atoms with E-state index >= 15 is 0 Å². The summed E-state index contributed by atoms with van der Waals surface area (Å²) in [5, 5.41) is 0. The van der Waals surface area contributed by atoms with Crippen LogP contribution in [-0.4, -0.2) is 9.52 Å².